The Morgan fingerprint density at radius 1 is 1.43 bits per heavy atom. The molecule has 6 heteroatoms. The highest BCUT2D eigenvalue weighted by atomic mass is 16.5. The van der Waals surface area contributed by atoms with Crippen LogP contribution in [0.3, 0.4) is 0 Å². The SMILES string of the molecule is CC(C)COC(=O)NCc1cncc(-c2ccnn2C)c1. The summed E-state index contributed by atoms with van der Waals surface area (Å²) in [5.74, 6) is 0.325. The average molecular weight is 288 g/mol. The molecule has 0 unspecified atom stereocenters. The van der Waals surface area contributed by atoms with Crippen molar-refractivity contribution in [2.75, 3.05) is 6.61 Å². The van der Waals surface area contributed by atoms with Crippen LogP contribution in [0, 0.1) is 5.92 Å². The van der Waals surface area contributed by atoms with Crippen molar-refractivity contribution in [2.45, 2.75) is 20.4 Å². The maximum absolute atomic E-state index is 11.5. The quantitative estimate of drug-likeness (QED) is 0.917. The zero-order chi connectivity index (χ0) is 15.2. The van der Waals surface area contributed by atoms with Gasteiger partial charge in [0.15, 0.2) is 0 Å². The normalized spacial score (nSPS) is 10.7. The first-order valence-corrected chi connectivity index (χ1v) is 6.89. The highest BCUT2D eigenvalue weighted by Crippen LogP contribution is 2.17. The van der Waals surface area contributed by atoms with Crippen molar-refractivity contribution in [3.05, 3.63) is 36.3 Å². The van der Waals surface area contributed by atoms with E-state index in [1.807, 2.05) is 33.0 Å². The van der Waals surface area contributed by atoms with Crippen LogP contribution in [-0.2, 0) is 18.3 Å². The van der Waals surface area contributed by atoms with Gasteiger partial charge < -0.3 is 10.1 Å². The molecule has 0 bridgehead atoms. The molecule has 6 nitrogen and oxygen atoms in total. The minimum absolute atomic E-state index is 0.325. The van der Waals surface area contributed by atoms with Crippen molar-refractivity contribution in [3.8, 4) is 11.3 Å². The molecule has 0 saturated heterocycles. The molecular weight excluding hydrogens is 268 g/mol. The van der Waals surface area contributed by atoms with Crippen LogP contribution in [0.15, 0.2) is 30.7 Å². The monoisotopic (exact) mass is 288 g/mol. The third-order valence-corrected chi connectivity index (χ3v) is 2.90. The number of hydrogen-bond donors (Lipinski definition) is 1. The number of ether oxygens (including phenoxy) is 1. The topological polar surface area (TPSA) is 69.0 Å². The number of aryl methyl sites for hydroxylation is 1. The predicted octanol–water partition coefficient (Wildman–Crippen LogP) is 2.36. The van der Waals surface area contributed by atoms with Gasteiger partial charge in [-0.05, 0) is 23.6 Å². The summed E-state index contributed by atoms with van der Waals surface area (Å²) in [7, 11) is 1.88. The molecule has 0 fully saturated rings. The average Bonchev–Trinajstić information content (AvgIpc) is 2.89. The Balaban J connectivity index is 1.96. The van der Waals surface area contributed by atoms with E-state index in [1.54, 1.807) is 23.3 Å². The van der Waals surface area contributed by atoms with Crippen molar-refractivity contribution in [2.24, 2.45) is 13.0 Å². The highest BCUT2D eigenvalue weighted by Gasteiger charge is 2.06. The number of carbonyl (C=O) groups excluding carboxylic acids is 1. The second kappa shape index (κ2) is 6.88. The first-order chi connectivity index (χ1) is 10.1. The Bertz CT molecular complexity index is 607. The van der Waals surface area contributed by atoms with Gasteiger partial charge in [0, 0.05) is 37.7 Å². The first-order valence-electron chi connectivity index (χ1n) is 6.89. The predicted molar refractivity (Wildman–Crippen MR) is 79.5 cm³/mol. The van der Waals surface area contributed by atoms with Gasteiger partial charge >= 0.3 is 6.09 Å². The fourth-order valence-corrected chi connectivity index (χ4v) is 1.85. The molecule has 0 atom stereocenters. The lowest BCUT2D eigenvalue weighted by Crippen LogP contribution is -2.25. The summed E-state index contributed by atoms with van der Waals surface area (Å²) in [4.78, 5) is 15.7. The van der Waals surface area contributed by atoms with Gasteiger partial charge in [0.1, 0.15) is 0 Å². The number of alkyl carbamates (subject to hydrolysis) is 1. The van der Waals surface area contributed by atoms with Gasteiger partial charge in [0.25, 0.3) is 0 Å². The number of amides is 1. The molecule has 2 aromatic heterocycles. The molecule has 0 aliphatic heterocycles. The third kappa shape index (κ3) is 4.30. The van der Waals surface area contributed by atoms with Gasteiger partial charge in [-0.3, -0.25) is 9.67 Å². The van der Waals surface area contributed by atoms with E-state index in [-0.39, 0.29) is 0 Å². The van der Waals surface area contributed by atoms with Crippen LogP contribution in [0.25, 0.3) is 11.3 Å². The number of nitrogens with zero attached hydrogens (tertiary/aromatic N) is 3. The Morgan fingerprint density at radius 2 is 2.24 bits per heavy atom. The number of rotatable bonds is 5. The zero-order valence-electron chi connectivity index (χ0n) is 12.5. The van der Waals surface area contributed by atoms with E-state index in [0.717, 1.165) is 16.8 Å². The van der Waals surface area contributed by atoms with Gasteiger partial charge in [-0.15, -0.1) is 0 Å². The fraction of sp³-hybridized carbons (Fsp3) is 0.400. The van der Waals surface area contributed by atoms with Crippen LogP contribution in [-0.4, -0.2) is 27.5 Å². The standard InChI is InChI=1S/C15H20N4O2/c1-11(2)10-21-15(20)17-8-12-6-13(9-16-7-12)14-4-5-18-19(14)3/h4-7,9,11H,8,10H2,1-3H3,(H,17,20). The Morgan fingerprint density at radius 3 is 2.90 bits per heavy atom. The Labute approximate surface area is 124 Å². The van der Waals surface area contributed by atoms with Crippen molar-refractivity contribution < 1.29 is 9.53 Å². The van der Waals surface area contributed by atoms with E-state index in [4.69, 9.17) is 4.74 Å². The van der Waals surface area contributed by atoms with Gasteiger partial charge in [-0.1, -0.05) is 13.8 Å². The van der Waals surface area contributed by atoms with Crippen LogP contribution in [0.2, 0.25) is 0 Å². The fourth-order valence-electron chi connectivity index (χ4n) is 1.85. The second-order valence-corrected chi connectivity index (χ2v) is 5.27. The molecule has 0 spiro atoms. The summed E-state index contributed by atoms with van der Waals surface area (Å²) in [5, 5.41) is 6.85. The Kier molecular flexibility index (Phi) is 4.92. The first kappa shape index (κ1) is 15.0. The minimum atomic E-state index is -0.408. The van der Waals surface area contributed by atoms with Crippen LogP contribution >= 0.6 is 0 Å². The number of nitrogens with one attached hydrogen (secondary N) is 1. The second-order valence-electron chi connectivity index (χ2n) is 5.27. The molecule has 0 aromatic carbocycles. The van der Waals surface area contributed by atoms with E-state index >= 15 is 0 Å². The summed E-state index contributed by atoms with van der Waals surface area (Å²) in [5.41, 5.74) is 2.85. The van der Waals surface area contributed by atoms with Crippen molar-refractivity contribution in [1.82, 2.24) is 20.1 Å². The number of aromatic nitrogens is 3. The Hall–Kier alpha value is -2.37. The molecule has 0 aliphatic carbocycles. The summed E-state index contributed by atoms with van der Waals surface area (Å²) in [6.45, 7) is 4.79. The number of pyridine rings is 1. The molecular formula is C15H20N4O2. The summed E-state index contributed by atoms with van der Waals surface area (Å²) < 4.78 is 6.85. The zero-order valence-corrected chi connectivity index (χ0v) is 12.5. The van der Waals surface area contributed by atoms with Crippen LogP contribution in [0.4, 0.5) is 4.79 Å². The largest absolute Gasteiger partial charge is 0.449 e. The maximum Gasteiger partial charge on any atom is 0.407 e. The van der Waals surface area contributed by atoms with Crippen LogP contribution < -0.4 is 5.32 Å². The van der Waals surface area contributed by atoms with E-state index < -0.39 is 6.09 Å². The molecule has 0 saturated carbocycles. The van der Waals surface area contributed by atoms with E-state index in [2.05, 4.69) is 15.4 Å². The lowest BCUT2D eigenvalue weighted by atomic mass is 10.1. The van der Waals surface area contributed by atoms with Gasteiger partial charge in [-0.25, -0.2) is 4.79 Å². The third-order valence-electron chi connectivity index (χ3n) is 2.90. The smallest absolute Gasteiger partial charge is 0.407 e. The van der Waals surface area contributed by atoms with Gasteiger partial charge in [0.2, 0.25) is 0 Å². The van der Waals surface area contributed by atoms with Gasteiger partial charge in [0.05, 0.1) is 12.3 Å². The lowest BCUT2D eigenvalue weighted by molar-refractivity contribution is 0.132. The molecule has 1 amide bonds. The molecule has 2 heterocycles. The van der Waals surface area contributed by atoms with E-state index in [1.165, 1.54) is 0 Å². The summed E-state index contributed by atoms with van der Waals surface area (Å²) >= 11 is 0. The molecule has 21 heavy (non-hydrogen) atoms. The highest BCUT2D eigenvalue weighted by molar-refractivity contribution is 5.67. The van der Waals surface area contributed by atoms with Crippen molar-refractivity contribution >= 4 is 6.09 Å². The molecule has 0 radical (unpaired) electrons. The lowest BCUT2D eigenvalue weighted by Gasteiger charge is -2.09. The molecule has 112 valence electrons. The van der Waals surface area contributed by atoms with Crippen LogP contribution in [0.5, 0.6) is 0 Å². The maximum atomic E-state index is 11.5. The molecule has 0 aliphatic rings. The van der Waals surface area contributed by atoms with Crippen molar-refractivity contribution in [3.63, 3.8) is 0 Å². The number of carbonyl (C=O) groups is 1. The molecule has 1 N–H and O–H groups in total. The van der Waals surface area contributed by atoms with E-state index in [0.29, 0.717) is 19.1 Å². The van der Waals surface area contributed by atoms with Crippen LogP contribution in [0.1, 0.15) is 19.4 Å². The molecule has 2 rings (SSSR count). The number of hydrogen-bond acceptors (Lipinski definition) is 4. The minimum Gasteiger partial charge on any atom is -0.449 e. The summed E-state index contributed by atoms with van der Waals surface area (Å²) in [6, 6.07) is 3.90. The van der Waals surface area contributed by atoms with Gasteiger partial charge in [-0.2, -0.15) is 5.10 Å². The summed E-state index contributed by atoms with van der Waals surface area (Å²) in [6.07, 6.45) is 4.83. The van der Waals surface area contributed by atoms with Crippen molar-refractivity contribution in [1.29, 1.82) is 0 Å². The molecule has 2 aromatic rings. The van der Waals surface area contributed by atoms with E-state index in [9.17, 15) is 4.79 Å².